The number of aliphatic hydroxyl groups is 1. The molecule has 17 nitrogen and oxygen atoms in total. The predicted octanol–water partition coefficient (Wildman–Crippen LogP) is 1.54. The third kappa shape index (κ3) is 7.03. The summed E-state index contributed by atoms with van der Waals surface area (Å²) in [6.07, 6.45) is -1.48. The van der Waals surface area contributed by atoms with E-state index in [1.54, 1.807) is 18.2 Å². The first-order valence-electron chi connectivity index (χ1n) is 13.1. The molecule has 0 bridgehead atoms. The van der Waals surface area contributed by atoms with Crippen molar-refractivity contribution < 1.29 is 47.3 Å². The van der Waals surface area contributed by atoms with Crippen LogP contribution in [0.5, 0.6) is 11.6 Å². The molecule has 0 saturated carbocycles. The van der Waals surface area contributed by atoms with Crippen molar-refractivity contribution in [2.75, 3.05) is 26.6 Å². The number of esters is 1. The minimum absolute atomic E-state index is 0.0931. The second kappa shape index (κ2) is 14.4. The van der Waals surface area contributed by atoms with E-state index < -0.39 is 50.2 Å². The number of carbonyl (C=O) groups excluding carboxylic acids is 3. The van der Waals surface area contributed by atoms with Crippen LogP contribution in [0.2, 0.25) is 0 Å². The molecule has 1 saturated heterocycles. The Morgan fingerprint density at radius 3 is 2.61 bits per heavy atom. The van der Waals surface area contributed by atoms with Crippen LogP contribution in [0.3, 0.4) is 0 Å². The molecule has 3 heterocycles. The predicted molar refractivity (Wildman–Crippen MR) is 150 cm³/mol. The van der Waals surface area contributed by atoms with E-state index in [0.29, 0.717) is 6.42 Å². The number of fused-ring (bicyclic) bond motifs is 1. The van der Waals surface area contributed by atoms with E-state index in [0.717, 1.165) is 5.56 Å². The Balaban J connectivity index is 0.00000169. The van der Waals surface area contributed by atoms with E-state index >= 15 is 0 Å². The van der Waals surface area contributed by atoms with Crippen LogP contribution >= 0.6 is 7.75 Å². The summed E-state index contributed by atoms with van der Waals surface area (Å²) in [5.74, 6) is -0.380. The first-order valence-corrected chi connectivity index (χ1v) is 14.6. The maximum absolute atomic E-state index is 13.9. The number of aromatic nitrogens is 4. The molecule has 6 atom stereocenters. The molecule has 44 heavy (non-hydrogen) atoms. The van der Waals surface area contributed by atoms with E-state index in [9.17, 15) is 19.7 Å². The van der Waals surface area contributed by atoms with Crippen molar-refractivity contribution in [1.82, 2.24) is 24.6 Å². The first kappa shape index (κ1) is 34.1. The second-order valence-electron chi connectivity index (χ2n) is 9.58. The number of nitrogens with one attached hydrogen (secondary N) is 1. The molecule has 236 valence electrons. The van der Waals surface area contributed by atoms with E-state index in [-0.39, 0.29) is 34.9 Å². The van der Waals surface area contributed by atoms with Crippen LogP contribution in [0.1, 0.15) is 32.6 Å². The summed E-state index contributed by atoms with van der Waals surface area (Å²) >= 11 is 0. The van der Waals surface area contributed by atoms with Crippen LogP contribution in [-0.2, 0) is 39.4 Å². The Bertz CT molecular complexity index is 1610. The summed E-state index contributed by atoms with van der Waals surface area (Å²) in [5, 5.41) is 23.9. The van der Waals surface area contributed by atoms with Gasteiger partial charge in [-0.1, -0.05) is 25.1 Å². The van der Waals surface area contributed by atoms with Crippen molar-refractivity contribution in [2.24, 2.45) is 5.41 Å². The molecule has 1 fully saturated rings. The smallest absolute Gasteiger partial charge is 0.459 e. The number of ether oxygens (including phenoxy) is 3. The Kier molecular flexibility index (Phi) is 11.1. The van der Waals surface area contributed by atoms with Crippen molar-refractivity contribution >= 4 is 37.0 Å². The summed E-state index contributed by atoms with van der Waals surface area (Å²) in [6, 6.07) is 7.98. The zero-order valence-corrected chi connectivity index (χ0v) is 25.4. The molecule has 1 aromatic carbocycles. The lowest BCUT2D eigenvalue weighted by atomic mass is 9.84. The summed E-state index contributed by atoms with van der Waals surface area (Å²) < 4.78 is 43.0. The number of imidazole rings is 1. The average molecular weight is 634 g/mol. The fourth-order valence-corrected chi connectivity index (χ4v) is 6.02. The number of hydrogen-bond donors (Lipinski definition) is 3. The Morgan fingerprint density at radius 1 is 1.32 bits per heavy atom. The topological polar surface area (TPSA) is 240 Å². The molecule has 0 spiro atoms. The van der Waals surface area contributed by atoms with E-state index in [1.807, 2.05) is 13.0 Å². The number of nitrogens with zero attached hydrogens (tertiary/aromatic N) is 5. The van der Waals surface area contributed by atoms with Gasteiger partial charge in [0.05, 0.1) is 33.2 Å². The van der Waals surface area contributed by atoms with Gasteiger partial charge in [-0.05, 0) is 31.9 Å². The Morgan fingerprint density at radius 2 is 2.00 bits per heavy atom. The number of hydrogen-bond acceptors (Lipinski definition) is 15. The number of anilines is 1. The monoisotopic (exact) mass is 633 g/mol. The number of rotatable bonds is 11. The van der Waals surface area contributed by atoms with Gasteiger partial charge in [-0.3, -0.25) is 13.9 Å². The number of nitriles is 1. The van der Waals surface area contributed by atoms with Crippen LogP contribution in [0.4, 0.5) is 5.95 Å². The van der Waals surface area contributed by atoms with Gasteiger partial charge >= 0.3 is 19.9 Å². The first-order chi connectivity index (χ1) is 20.9. The fraction of sp³-hybridized carbons (Fsp3) is 0.462. The highest BCUT2D eigenvalue weighted by atomic mass is 31.2. The number of aliphatic hydroxyl groups excluding tert-OH is 1. The van der Waals surface area contributed by atoms with Gasteiger partial charge in [0.25, 0.3) is 0 Å². The minimum Gasteiger partial charge on any atom is -0.479 e. The van der Waals surface area contributed by atoms with Crippen LogP contribution in [0, 0.1) is 16.7 Å². The van der Waals surface area contributed by atoms with Gasteiger partial charge in [-0.2, -0.15) is 29.9 Å². The van der Waals surface area contributed by atoms with Gasteiger partial charge in [-0.25, -0.2) is 9.55 Å². The molecular weight excluding hydrogens is 601 g/mol. The number of nitrogen functional groups attached to an aromatic ring is 1. The van der Waals surface area contributed by atoms with E-state index in [4.69, 9.17) is 38.6 Å². The number of para-hydroxylation sites is 1. The Hall–Kier alpha value is -4.42. The van der Waals surface area contributed by atoms with Crippen molar-refractivity contribution in [3.05, 3.63) is 36.2 Å². The van der Waals surface area contributed by atoms with Crippen LogP contribution in [0.15, 0.2) is 30.6 Å². The highest BCUT2D eigenvalue weighted by Crippen LogP contribution is 2.50. The van der Waals surface area contributed by atoms with Gasteiger partial charge in [0.2, 0.25) is 11.8 Å². The molecule has 0 amide bonds. The zero-order chi connectivity index (χ0) is 32.7. The molecule has 1 aliphatic rings. The fourth-order valence-electron chi connectivity index (χ4n) is 4.48. The van der Waals surface area contributed by atoms with E-state index in [2.05, 4.69) is 26.1 Å². The number of aryl methyl sites for hydroxylation is 1. The third-order valence-electron chi connectivity index (χ3n) is 6.76. The van der Waals surface area contributed by atoms with E-state index in [1.165, 1.54) is 39.0 Å². The molecular formula is C26H32N7O10P. The van der Waals surface area contributed by atoms with Crippen LogP contribution < -0.4 is 20.1 Å². The van der Waals surface area contributed by atoms with Crippen molar-refractivity contribution in [3.8, 4) is 17.7 Å². The second-order valence-corrected chi connectivity index (χ2v) is 11.3. The molecule has 3 aromatic rings. The standard InChI is InChI=1S/C25H32N7O8P.CO2/c1-6-15-9-7-8-10-16(15)40-41(35,31-14(2)22(34)37-5)38-11-17-19(33)25(3,12-26)23(39-17)32-13-28-18-20(32)29-24(27)30-21(18)36-4;2-1-3/h7-10,13-14,17,19,23,33H,6,11H2,1-5H3,(H,31,35)(H2,27,29,30);/t14-,17+,19+,23+,25+,41?;/m0./s1. The highest BCUT2D eigenvalue weighted by Gasteiger charge is 2.56. The largest absolute Gasteiger partial charge is 0.479 e. The minimum atomic E-state index is -4.27. The van der Waals surface area contributed by atoms with Crippen molar-refractivity contribution in [1.29, 1.82) is 5.26 Å². The quantitative estimate of drug-likeness (QED) is 0.200. The maximum Gasteiger partial charge on any atom is 0.459 e. The van der Waals surface area contributed by atoms with Gasteiger partial charge in [-0.15, -0.1) is 0 Å². The van der Waals surface area contributed by atoms with Crippen LogP contribution in [0.25, 0.3) is 11.2 Å². The van der Waals surface area contributed by atoms with Crippen molar-refractivity contribution in [2.45, 2.75) is 51.7 Å². The SMILES string of the molecule is CCc1ccccc1OP(=O)(N[C@@H](C)C(=O)OC)OC[C@H]1O[C@@H](n2cnc3c(OC)nc(N)nc32)[C@](C)(C#N)[C@@H]1O.O=C=O. The lowest BCUT2D eigenvalue weighted by Gasteiger charge is -2.26. The van der Waals surface area contributed by atoms with Crippen molar-refractivity contribution in [3.63, 3.8) is 0 Å². The molecule has 4 N–H and O–H groups in total. The van der Waals surface area contributed by atoms with Crippen LogP contribution in [-0.4, -0.2) is 75.8 Å². The van der Waals surface area contributed by atoms with Gasteiger partial charge in [0, 0.05) is 0 Å². The average Bonchev–Trinajstić information content (AvgIpc) is 3.53. The molecule has 4 rings (SSSR count). The third-order valence-corrected chi connectivity index (χ3v) is 8.39. The molecule has 0 aliphatic carbocycles. The Labute approximate surface area is 251 Å². The van der Waals surface area contributed by atoms with Gasteiger partial charge in [0.15, 0.2) is 17.4 Å². The molecule has 1 aliphatic heterocycles. The summed E-state index contributed by atoms with van der Waals surface area (Å²) in [6.45, 7) is 4.36. The highest BCUT2D eigenvalue weighted by molar-refractivity contribution is 7.52. The van der Waals surface area contributed by atoms with Gasteiger partial charge in [0.1, 0.15) is 29.4 Å². The molecule has 18 heteroatoms. The number of methoxy groups -OCH3 is 2. The number of nitrogens with two attached hydrogens (primary N) is 1. The number of carbonyl (C=O) groups is 1. The normalized spacial score (nSPS) is 22.9. The summed E-state index contributed by atoms with van der Waals surface area (Å²) in [5.41, 5.74) is 5.54. The lowest BCUT2D eigenvalue weighted by Crippen LogP contribution is -2.38. The molecule has 2 aromatic heterocycles. The molecule has 1 unspecified atom stereocenters. The molecule has 0 radical (unpaired) electrons. The van der Waals surface area contributed by atoms with Gasteiger partial charge < -0.3 is 29.6 Å². The lowest BCUT2D eigenvalue weighted by molar-refractivity contribution is -0.191. The summed E-state index contributed by atoms with van der Waals surface area (Å²) in [4.78, 5) is 40.8. The zero-order valence-electron chi connectivity index (χ0n) is 24.5. The summed E-state index contributed by atoms with van der Waals surface area (Å²) in [7, 11) is -1.67. The number of benzene rings is 1. The maximum atomic E-state index is 13.9.